The van der Waals surface area contributed by atoms with Gasteiger partial charge in [-0.05, 0) is 18.2 Å². The maximum Gasteiger partial charge on any atom is 0.325 e. The first kappa shape index (κ1) is 14.4. The summed E-state index contributed by atoms with van der Waals surface area (Å²) in [6, 6.07) is 5.78. The minimum absolute atomic E-state index is 0.155. The number of nitrogens with one attached hydrogen (secondary N) is 3. The number of carbonyl (C=O) groups is 1. The molecule has 0 bridgehead atoms. The molecule has 3 N–H and O–H groups in total. The molecule has 6 nitrogen and oxygen atoms in total. The highest BCUT2D eigenvalue weighted by Gasteiger charge is 2.08. The zero-order chi connectivity index (χ0) is 14.7. The van der Waals surface area contributed by atoms with Crippen LogP contribution in [0.2, 0.25) is 10.0 Å². The number of rotatable bonds is 3. The highest BCUT2D eigenvalue weighted by Crippen LogP contribution is 2.25. The van der Waals surface area contributed by atoms with E-state index in [0.717, 1.165) is 6.07 Å². The predicted molar refractivity (Wildman–Crippen MR) is 76.5 cm³/mol. The number of H-pyrrole nitrogens is 2. The van der Waals surface area contributed by atoms with Crippen molar-refractivity contribution in [2.24, 2.45) is 0 Å². The molecule has 0 fully saturated rings. The summed E-state index contributed by atoms with van der Waals surface area (Å²) in [6.45, 7) is 0. The Bertz CT molecular complexity index is 739. The van der Waals surface area contributed by atoms with Crippen LogP contribution in [0.1, 0.15) is 5.69 Å². The van der Waals surface area contributed by atoms with Crippen molar-refractivity contribution in [3.63, 3.8) is 0 Å². The van der Waals surface area contributed by atoms with E-state index in [1.807, 2.05) is 4.98 Å². The van der Waals surface area contributed by atoms with Crippen LogP contribution >= 0.6 is 23.2 Å². The molecule has 0 saturated heterocycles. The van der Waals surface area contributed by atoms with Gasteiger partial charge in [0.25, 0.3) is 5.56 Å². The second kappa shape index (κ2) is 5.94. The number of carbonyl (C=O) groups excluding carboxylic acids is 1. The van der Waals surface area contributed by atoms with Gasteiger partial charge in [-0.1, -0.05) is 23.2 Å². The molecule has 1 aromatic carbocycles. The first-order valence-corrected chi connectivity index (χ1v) is 6.27. The largest absolute Gasteiger partial charge is 0.325 e. The van der Waals surface area contributed by atoms with Gasteiger partial charge in [0.1, 0.15) is 0 Å². The molecule has 0 saturated carbocycles. The van der Waals surface area contributed by atoms with Crippen molar-refractivity contribution in [2.45, 2.75) is 6.42 Å². The Morgan fingerprint density at radius 2 is 1.90 bits per heavy atom. The molecule has 1 aromatic heterocycles. The number of halogens is 2. The molecule has 0 unspecified atom stereocenters. The minimum Gasteiger partial charge on any atom is -0.324 e. The Kier molecular flexibility index (Phi) is 4.26. The van der Waals surface area contributed by atoms with Gasteiger partial charge in [0.15, 0.2) is 0 Å². The fourth-order valence-corrected chi connectivity index (χ4v) is 2.03. The minimum atomic E-state index is -0.662. The van der Waals surface area contributed by atoms with Crippen molar-refractivity contribution in [3.05, 3.63) is 60.8 Å². The van der Waals surface area contributed by atoms with Crippen LogP contribution in [0, 0.1) is 0 Å². The number of benzene rings is 1. The normalized spacial score (nSPS) is 10.3. The maximum atomic E-state index is 11.8. The number of hydrogen-bond donors (Lipinski definition) is 3. The van der Waals surface area contributed by atoms with Crippen LogP contribution in [0.4, 0.5) is 5.69 Å². The van der Waals surface area contributed by atoms with Gasteiger partial charge in [-0.25, -0.2) is 4.79 Å². The lowest BCUT2D eigenvalue weighted by atomic mass is 10.2. The van der Waals surface area contributed by atoms with Gasteiger partial charge in [-0.2, -0.15) is 0 Å². The van der Waals surface area contributed by atoms with E-state index in [1.54, 1.807) is 12.1 Å². The van der Waals surface area contributed by atoms with Gasteiger partial charge in [-0.3, -0.25) is 14.6 Å². The van der Waals surface area contributed by atoms with Crippen molar-refractivity contribution in [3.8, 4) is 0 Å². The Hall–Kier alpha value is -2.05. The lowest BCUT2D eigenvalue weighted by molar-refractivity contribution is -0.115. The van der Waals surface area contributed by atoms with Gasteiger partial charge >= 0.3 is 5.69 Å². The van der Waals surface area contributed by atoms with Crippen molar-refractivity contribution in [1.82, 2.24) is 9.97 Å². The molecular weight excluding hydrogens is 305 g/mol. The van der Waals surface area contributed by atoms with Gasteiger partial charge in [-0.15, -0.1) is 0 Å². The average molecular weight is 314 g/mol. The molecule has 8 heteroatoms. The van der Waals surface area contributed by atoms with Crippen LogP contribution in [0.15, 0.2) is 33.9 Å². The van der Waals surface area contributed by atoms with Gasteiger partial charge in [0, 0.05) is 16.8 Å². The summed E-state index contributed by atoms with van der Waals surface area (Å²) >= 11 is 11.7. The van der Waals surface area contributed by atoms with E-state index in [-0.39, 0.29) is 12.1 Å². The van der Waals surface area contributed by atoms with E-state index >= 15 is 0 Å². The summed E-state index contributed by atoms with van der Waals surface area (Å²) in [5.41, 5.74) is -0.625. The highest BCUT2D eigenvalue weighted by atomic mass is 35.5. The average Bonchev–Trinajstić information content (AvgIpc) is 2.31. The zero-order valence-electron chi connectivity index (χ0n) is 10.00. The molecule has 0 aliphatic heterocycles. The fraction of sp³-hybridized carbons (Fsp3) is 0.0833. The molecule has 1 amide bonds. The number of hydrogen-bond acceptors (Lipinski definition) is 3. The van der Waals surface area contributed by atoms with Crippen molar-refractivity contribution < 1.29 is 4.79 Å². The second-order valence-electron chi connectivity index (χ2n) is 3.96. The summed E-state index contributed by atoms with van der Waals surface area (Å²) in [7, 11) is 0. The third-order valence-corrected chi connectivity index (χ3v) is 2.92. The smallest absolute Gasteiger partial charge is 0.324 e. The van der Waals surface area contributed by atoms with Gasteiger partial charge in [0.2, 0.25) is 5.91 Å². The van der Waals surface area contributed by atoms with Gasteiger partial charge < -0.3 is 10.3 Å². The first-order chi connectivity index (χ1) is 9.44. The first-order valence-electron chi connectivity index (χ1n) is 5.51. The lowest BCUT2D eigenvalue weighted by Gasteiger charge is -2.07. The Balaban J connectivity index is 2.12. The summed E-state index contributed by atoms with van der Waals surface area (Å²) in [6.07, 6.45) is -0.155. The molecule has 0 aliphatic carbocycles. The molecule has 0 aliphatic rings. The van der Waals surface area contributed by atoms with Crippen LogP contribution in [-0.4, -0.2) is 15.9 Å². The topological polar surface area (TPSA) is 94.8 Å². The molecule has 0 spiro atoms. The Morgan fingerprint density at radius 1 is 1.15 bits per heavy atom. The second-order valence-corrected chi connectivity index (χ2v) is 4.81. The summed E-state index contributed by atoms with van der Waals surface area (Å²) in [5, 5.41) is 3.31. The molecule has 104 valence electrons. The van der Waals surface area contributed by atoms with Crippen molar-refractivity contribution in [2.75, 3.05) is 5.32 Å². The van der Waals surface area contributed by atoms with Crippen molar-refractivity contribution >= 4 is 34.8 Å². The molecule has 0 radical (unpaired) electrons. The van der Waals surface area contributed by atoms with E-state index < -0.39 is 17.2 Å². The molecule has 2 aromatic rings. The van der Waals surface area contributed by atoms with Crippen LogP contribution in [0.25, 0.3) is 0 Å². The summed E-state index contributed by atoms with van der Waals surface area (Å²) in [4.78, 5) is 38.3. The number of aromatic amines is 2. The third kappa shape index (κ3) is 3.72. The SMILES string of the molecule is O=C(Cc1cc(=O)[nH]c(=O)[nH]1)Nc1ccc(Cl)cc1Cl. The summed E-state index contributed by atoms with van der Waals surface area (Å²) in [5.74, 6) is -0.421. The zero-order valence-corrected chi connectivity index (χ0v) is 11.5. The van der Waals surface area contributed by atoms with Crippen LogP contribution in [0.5, 0.6) is 0 Å². The lowest BCUT2D eigenvalue weighted by Crippen LogP contribution is -2.25. The highest BCUT2D eigenvalue weighted by molar-refractivity contribution is 6.36. The quantitative estimate of drug-likeness (QED) is 0.802. The van der Waals surface area contributed by atoms with E-state index in [2.05, 4.69) is 10.3 Å². The van der Waals surface area contributed by atoms with E-state index in [9.17, 15) is 14.4 Å². The summed E-state index contributed by atoms with van der Waals surface area (Å²) < 4.78 is 0. The standard InChI is InChI=1S/C12H9Cl2N3O3/c13-6-1-2-9(8(14)3-6)16-10(18)4-7-5-11(19)17-12(20)15-7/h1-3,5H,4H2,(H,16,18)(H2,15,17,19,20). The van der Waals surface area contributed by atoms with Crippen LogP contribution in [0.3, 0.4) is 0 Å². The monoisotopic (exact) mass is 313 g/mol. The number of amides is 1. The van der Waals surface area contributed by atoms with Crippen LogP contribution < -0.4 is 16.6 Å². The molecule has 1 heterocycles. The number of anilines is 1. The Labute approximate surface area is 122 Å². The van der Waals surface area contributed by atoms with Gasteiger partial charge in [0.05, 0.1) is 17.1 Å². The predicted octanol–water partition coefficient (Wildman–Crippen LogP) is 1.55. The number of aromatic nitrogens is 2. The third-order valence-electron chi connectivity index (χ3n) is 2.37. The maximum absolute atomic E-state index is 11.8. The molecule has 2 rings (SSSR count). The van der Waals surface area contributed by atoms with Crippen molar-refractivity contribution in [1.29, 1.82) is 0 Å². The van der Waals surface area contributed by atoms with E-state index in [1.165, 1.54) is 6.07 Å². The van der Waals surface area contributed by atoms with E-state index in [0.29, 0.717) is 15.7 Å². The molecular formula is C12H9Cl2N3O3. The molecule has 0 atom stereocenters. The fourth-order valence-electron chi connectivity index (χ4n) is 1.57. The molecule has 20 heavy (non-hydrogen) atoms. The Morgan fingerprint density at radius 3 is 2.55 bits per heavy atom. The van der Waals surface area contributed by atoms with E-state index in [4.69, 9.17) is 23.2 Å². The van der Waals surface area contributed by atoms with Crippen LogP contribution in [-0.2, 0) is 11.2 Å².